The third-order valence-corrected chi connectivity index (χ3v) is 4.24. The molecule has 2 amide bonds. The average Bonchev–Trinajstić information content (AvgIpc) is 3.03. The second kappa shape index (κ2) is 4.69. The first-order valence-electron chi connectivity index (χ1n) is 6.11. The molecule has 2 aliphatic rings. The van der Waals surface area contributed by atoms with E-state index >= 15 is 0 Å². The molecule has 1 saturated heterocycles. The predicted octanol–water partition coefficient (Wildman–Crippen LogP) is 2.06. The van der Waals surface area contributed by atoms with E-state index in [0.717, 1.165) is 6.42 Å². The molecular weight excluding hydrogens is 333 g/mol. The maximum absolute atomic E-state index is 13.1. The highest BCUT2D eigenvalue weighted by Crippen LogP contribution is 2.47. The summed E-state index contributed by atoms with van der Waals surface area (Å²) in [4.78, 5) is 28.3. The number of fused-ring (bicyclic) bond motifs is 1. The highest BCUT2D eigenvalue weighted by atomic mass is 79.9. The Morgan fingerprint density at radius 2 is 2.20 bits per heavy atom. The lowest BCUT2D eigenvalue weighted by Crippen LogP contribution is -2.44. The number of carbonyl (C=O) groups excluding carboxylic acids is 1. The smallest absolute Gasteiger partial charge is 0.408 e. The van der Waals surface area contributed by atoms with E-state index in [2.05, 4.69) is 26.2 Å². The van der Waals surface area contributed by atoms with Crippen LogP contribution in [0.25, 0.3) is 0 Å². The van der Waals surface area contributed by atoms with Gasteiger partial charge in [0.15, 0.2) is 5.82 Å². The summed E-state index contributed by atoms with van der Waals surface area (Å²) in [5, 5.41) is 11.7. The molecule has 1 saturated carbocycles. The molecule has 1 aromatic heterocycles. The summed E-state index contributed by atoms with van der Waals surface area (Å²) in [5.74, 6) is -0.480. The Kier molecular flexibility index (Phi) is 3.12. The molecule has 0 radical (unpaired) electrons. The van der Waals surface area contributed by atoms with Crippen molar-refractivity contribution in [3.05, 3.63) is 22.6 Å². The Hall–Kier alpha value is -1.70. The van der Waals surface area contributed by atoms with Gasteiger partial charge in [-0.3, -0.25) is 9.69 Å². The molecule has 3 atom stereocenters. The number of carbonyl (C=O) groups is 2. The van der Waals surface area contributed by atoms with Crippen LogP contribution in [0.3, 0.4) is 0 Å². The SMILES string of the molecule is O=C(Nc1ccc(F)c(Br)n1)[C@@H]1C[C@H]2C[C@H]2N1C(=O)O. The van der Waals surface area contributed by atoms with Crippen molar-refractivity contribution in [3.8, 4) is 0 Å². The minimum Gasteiger partial charge on any atom is -0.465 e. The van der Waals surface area contributed by atoms with E-state index in [4.69, 9.17) is 5.11 Å². The molecule has 1 aromatic rings. The molecule has 0 aromatic carbocycles. The molecule has 20 heavy (non-hydrogen) atoms. The fraction of sp³-hybridized carbons (Fsp3) is 0.417. The van der Waals surface area contributed by atoms with Crippen molar-refractivity contribution in [2.45, 2.75) is 24.9 Å². The Morgan fingerprint density at radius 1 is 1.45 bits per heavy atom. The standard InChI is InChI=1S/C12H11BrFN3O3/c13-10-6(14)1-2-9(15-10)16-11(18)8-4-5-3-7(5)17(8)12(19)20/h1-2,5,7-8H,3-4H2,(H,19,20)(H,15,16,18)/t5-,7-,8+/m1/s1. The van der Waals surface area contributed by atoms with Crippen LogP contribution in [0.1, 0.15) is 12.8 Å². The minimum atomic E-state index is -1.08. The van der Waals surface area contributed by atoms with Crippen molar-refractivity contribution in [1.29, 1.82) is 0 Å². The second-order valence-corrected chi connectivity index (χ2v) is 5.71. The Balaban J connectivity index is 1.73. The summed E-state index contributed by atoms with van der Waals surface area (Å²) in [7, 11) is 0. The van der Waals surface area contributed by atoms with Crippen LogP contribution in [0, 0.1) is 11.7 Å². The van der Waals surface area contributed by atoms with Crippen LogP contribution in [-0.4, -0.2) is 39.1 Å². The molecular formula is C12H11BrFN3O3. The third kappa shape index (κ3) is 2.24. The van der Waals surface area contributed by atoms with Gasteiger partial charge in [0.25, 0.3) is 0 Å². The maximum Gasteiger partial charge on any atom is 0.408 e. The zero-order valence-electron chi connectivity index (χ0n) is 10.2. The van der Waals surface area contributed by atoms with Gasteiger partial charge in [-0.05, 0) is 46.8 Å². The Bertz CT molecular complexity index is 597. The molecule has 2 heterocycles. The number of amides is 2. The molecule has 3 rings (SSSR count). The molecule has 6 nitrogen and oxygen atoms in total. The van der Waals surface area contributed by atoms with E-state index < -0.39 is 23.9 Å². The number of pyridine rings is 1. The maximum atomic E-state index is 13.1. The lowest BCUT2D eigenvalue weighted by molar-refractivity contribution is -0.120. The van der Waals surface area contributed by atoms with Gasteiger partial charge < -0.3 is 10.4 Å². The fourth-order valence-electron chi connectivity index (χ4n) is 2.66. The lowest BCUT2D eigenvalue weighted by atomic mass is 10.1. The molecule has 8 heteroatoms. The second-order valence-electron chi connectivity index (χ2n) is 4.96. The van der Waals surface area contributed by atoms with Crippen molar-refractivity contribution >= 4 is 33.7 Å². The monoisotopic (exact) mass is 343 g/mol. The van der Waals surface area contributed by atoms with Gasteiger partial charge >= 0.3 is 6.09 Å². The van der Waals surface area contributed by atoms with E-state index in [1.165, 1.54) is 17.0 Å². The van der Waals surface area contributed by atoms with Crippen LogP contribution in [0.15, 0.2) is 16.7 Å². The number of halogens is 2. The van der Waals surface area contributed by atoms with E-state index in [1.54, 1.807) is 0 Å². The van der Waals surface area contributed by atoms with Crippen molar-refractivity contribution in [2.75, 3.05) is 5.32 Å². The van der Waals surface area contributed by atoms with Crippen molar-refractivity contribution in [1.82, 2.24) is 9.88 Å². The van der Waals surface area contributed by atoms with Gasteiger partial charge in [-0.2, -0.15) is 0 Å². The zero-order chi connectivity index (χ0) is 14.4. The van der Waals surface area contributed by atoms with Crippen LogP contribution < -0.4 is 5.32 Å². The first kappa shape index (κ1) is 13.3. The molecule has 106 valence electrons. The summed E-state index contributed by atoms with van der Waals surface area (Å²) in [5.41, 5.74) is 0. The van der Waals surface area contributed by atoms with Crippen LogP contribution >= 0.6 is 15.9 Å². The van der Waals surface area contributed by atoms with Gasteiger partial charge in [-0.15, -0.1) is 0 Å². The quantitative estimate of drug-likeness (QED) is 0.805. The number of piperidine rings is 1. The van der Waals surface area contributed by atoms with Crippen LogP contribution in [-0.2, 0) is 4.79 Å². The average molecular weight is 344 g/mol. The van der Waals surface area contributed by atoms with Crippen LogP contribution in [0.5, 0.6) is 0 Å². The summed E-state index contributed by atoms with van der Waals surface area (Å²) in [6, 6.07) is 1.78. The number of carboxylic acid groups (broad SMARTS) is 1. The summed E-state index contributed by atoms with van der Waals surface area (Å²) >= 11 is 2.93. The molecule has 0 unspecified atom stereocenters. The first-order chi connectivity index (χ1) is 9.47. The highest BCUT2D eigenvalue weighted by molar-refractivity contribution is 9.10. The van der Waals surface area contributed by atoms with E-state index in [0.29, 0.717) is 6.42 Å². The number of hydrogen-bond donors (Lipinski definition) is 2. The van der Waals surface area contributed by atoms with Gasteiger partial charge in [0.2, 0.25) is 5.91 Å². The van der Waals surface area contributed by atoms with E-state index in [9.17, 15) is 14.0 Å². The van der Waals surface area contributed by atoms with Crippen molar-refractivity contribution in [3.63, 3.8) is 0 Å². The molecule has 1 aliphatic carbocycles. The van der Waals surface area contributed by atoms with Gasteiger partial charge in [0.1, 0.15) is 16.5 Å². The molecule has 2 N–H and O–H groups in total. The predicted molar refractivity (Wildman–Crippen MR) is 70.7 cm³/mol. The lowest BCUT2D eigenvalue weighted by Gasteiger charge is -2.23. The number of aromatic nitrogens is 1. The number of hydrogen-bond acceptors (Lipinski definition) is 3. The molecule has 2 fully saturated rings. The molecule has 0 bridgehead atoms. The van der Waals surface area contributed by atoms with Gasteiger partial charge in [0.05, 0.1) is 0 Å². The van der Waals surface area contributed by atoms with Gasteiger partial charge in [-0.25, -0.2) is 14.2 Å². The Morgan fingerprint density at radius 3 is 2.85 bits per heavy atom. The highest BCUT2D eigenvalue weighted by Gasteiger charge is 2.56. The summed E-state index contributed by atoms with van der Waals surface area (Å²) in [6.45, 7) is 0. The summed E-state index contributed by atoms with van der Waals surface area (Å²) in [6.07, 6.45) is 0.283. The summed E-state index contributed by atoms with van der Waals surface area (Å²) < 4.78 is 13.1. The molecule has 1 aliphatic heterocycles. The zero-order valence-corrected chi connectivity index (χ0v) is 11.8. The number of nitrogens with one attached hydrogen (secondary N) is 1. The number of nitrogens with zero attached hydrogens (tertiary/aromatic N) is 2. The van der Waals surface area contributed by atoms with E-state index in [1.807, 2.05) is 0 Å². The van der Waals surface area contributed by atoms with E-state index in [-0.39, 0.29) is 22.4 Å². The van der Waals surface area contributed by atoms with Gasteiger partial charge in [-0.1, -0.05) is 0 Å². The van der Waals surface area contributed by atoms with Crippen molar-refractivity contribution < 1.29 is 19.1 Å². The van der Waals surface area contributed by atoms with Crippen LogP contribution in [0.2, 0.25) is 0 Å². The van der Waals surface area contributed by atoms with Crippen molar-refractivity contribution in [2.24, 2.45) is 5.92 Å². The topological polar surface area (TPSA) is 82.5 Å². The molecule has 0 spiro atoms. The number of rotatable bonds is 2. The minimum absolute atomic E-state index is 0.000315. The van der Waals surface area contributed by atoms with Gasteiger partial charge in [0, 0.05) is 6.04 Å². The Labute approximate surface area is 122 Å². The van der Waals surface area contributed by atoms with Crippen LogP contribution in [0.4, 0.5) is 15.0 Å². The number of anilines is 1. The first-order valence-corrected chi connectivity index (χ1v) is 6.91. The largest absolute Gasteiger partial charge is 0.465 e. The third-order valence-electron chi connectivity index (χ3n) is 3.68. The fourth-order valence-corrected chi connectivity index (χ4v) is 2.99. The normalized spacial score (nSPS) is 27.1. The number of likely N-dealkylation sites (tertiary alicyclic amines) is 1.